The first-order valence-electron chi connectivity index (χ1n) is 37.8. The number of pyridine rings is 1. The van der Waals surface area contributed by atoms with Crippen molar-refractivity contribution >= 4 is 80.1 Å². The van der Waals surface area contributed by atoms with Crippen molar-refractivity contribution in [2.45, 2.75) is 212 Å². The number of Topliss-reactive ketones (excluding diaryl/α,β-unsaturated/α-hetero) is 1. The SMILES string of the molecule is COC(=O)N1c2ccc3c(nc(CC[C@@H]4CCCO4)n3[C@@H]3CCC[C@@H](C(C)=O)C3)c2CC[C@@H]1C.COC(=O)N1c2ccc3c(nc(CCn4ccccc4=O)n3CCN3CC[C@@H](NC(C)=O)C3)c2CC[C@@H]1C.COC(=O)N1c2ccc3c(nc(Cc4cccc(F)c4)n3C3CCNCC3)c2CC[C@@H]1C. The highest BCUT2D eigenvalue weighted by molar-refractivity contribution is 5.98. The summed E-state index contributed by atoms with van der Waals surface area (Å²) in [6, 6.07) is 25.4. The lowest BCUT2D eigenvalue weighted by Crippen LogP contribution is -2.42. The lowest BCUT2D eigenvalue weighted by molar-refractivity contribution is -0.122. The van der Waals surface area contributed by atoms with E-state index in [4.69, 9.17) is 33.9 Å². The van der Waals surface area contributed by atoms with Crippen molar-refractivity contribution in [3.8, 4) is 0 Å². The van der Waals surface area contributed by atoms with E-state index in [1.165, 1.54) is 27.4 Å². The maximum atomic E-state index is 13.9. The number of piperidine rings is 1. The molecule has 1 aliphatic carbocycles. The van der Waals surface area contributed by atoms with Crippen LogP contribution in [-0.4, -0.2) is 159 Å². The first-order chi connectivity index (χ1) is 50.4. The van der Waals surface area contributed by atoms with Gasteiger partial charge in [0.15, 0.2) is 0 Å². The first-order valence-corrected chi connectivity index (χ1v) is 37.8. The van der Waals surface area contributed by atoms with Crippen LogP contribution >= 0.6 is 0 Å². The molecule has 7 atom stereocenters. The molecule has 104 heavy (non-hydrogen) atoms. The normalized spacial score (nSPS) is 21.9. The summed E-state index contributed by atoms with van der Waals surface area (Å²) in [6.07, 6.45) is 18.6. The number of ketones is 1. The molecule has 2 N–H and O–H groups in total. The number of hydrogen-bond donors (Lipinski definition) is 2. The second-order valence-corrected chi connectivity index (χ2v) is 29.5. The third kappa shape index (κ3) is 15.5. The van der Waals surface area contributed by atoms with Gasteiger partial charge in [0.1, 0.15) is 29.1 Å². The number of anilines is 3. The van der Waals surface area contributed by atoms with Gasteiger partial charge < -0.3 is 47.8 Å². The molecule has 8 aromatic rings. The van der Waals surface area contributed by atoms with Crippen LogP contribution in [0.2, 0.25) is 0 Å². The Bertz CT molecular complexity index is 4510. The Morgan fingerprint density at radius 2 is 1.19 bits per heavy atom. The summed E-state index contributed by atoms with van der Waals surface area (Å²) < 4.78 is 43.8. The number of carbonyl (C=O) groups excluding carboxylic acids is 5. The van der Waals surface area contributed by atoms with E-state index >= 15 is 0 Å². The minimum atomic E-state index is -0.358. The third-order valence-corrected chi connectivity index (χ3v) is 22.8. The molecule has 7 aliphatic rings. The lowest BCUT2D eigenvalue weighted by atomic mass is 9.83. The molecule has 554 valence electrons. The molecule has 6 aliphatic heterocycles. The van der Waals surface area contributed by atoms with Crippen molar-refractivity contribution < 1.29 is 47.3 Å². The Morgan fingerprint density at radius 3 is 1.76 bits per heavy atom. The highest BCUT2D eigenvalue weighted by atomic mass is 19.1. The van der Waals surface area contributed by atoms with Crippen molar-refractivity contribution in [1.82, 2.24) is 48.8 Å². The summed E-state index contributed by atoms with van der Waals surface area (Å²) in [7, 11) is 4.27. The van der Waals surface area contributed by atoms with Crippen LogP contribution in [0.5, 0.6) is 0 Å². The van der Waals surface area contributed by atoms with Crippen LogP contribution in [0.25, 0.3) is 33.1 Å². The molecule has 4 fully saturated rings. The van der Waals surface area contributed by atoms with E-state index in [-0.39, 0.29) is 71.7 Å². The van der Waals surface area contributed by atoms with Crippen LogP contribution in [0.15, 0.2) is 89.9 Å². The molecular weight excluding hydrogens is 1320 g/mol. The number of aromatic nitrogens is 7. The molecule has 4 amide bonds. The topological polar surface area (TPSA) is 235 Å². The predicted molar refractivity (Wildman–Crippen MR) is 400 cm³/mol. The van der Waals surface area contributed by atoms with E-state index in [1.807, 2.05) is 38.1 Å². The van der Waals surface area contributed by atoms with Crippen LogP contribution in [0.1, 0.15) is 170 Å². The second-order valence-electron chi connectivity index (χ2n) is 29.5. The van der Waals surface area contributed by atoms with E-state index < -0.39 is 0 Å². The number of halogens is 1. The number of carbonyl (C=O) groups is 5. The van der Waals surface area contributed by atoms with E-state index in [0.29, 0.717) is 37.3 Å². The number of likely N-dealkylation sites (tertiary alicyclic amines) is 1. The van der Waals surface area contributed by atoms with Crippen LogP contribution in [0.4, 0.5) is 35.8 Å². The maximum absolute atomic E-state index is 13.9. The van der Waals surface area contributed by atoms with Gasteiger partial charge in [0.25, 0.3) is 5.56 Å². The number of aryl methyl sites for hydroxylation is 6. The molecule has 0 radical (unpaired) electrons. The van der Waals surface area contributed by atoms with Gasteiger partial charge in [-0.2, -0.15) is 0 Å². The zero-order valence-electron chi connectivity index (χ0n) is 61.7. The molecule has 0 unspecified atom stereocenters. The van der Waals surface area contributed by atoms with Crippen molar-refractivity contribution in [2.24, 2.45) is 5.92 Å². The van der Waals surface area contributed by atoms with Crippen molar-refractivity contribution in [2.75, 3.05) is 75.4 Å². The molecule has 0 spiro atoms. The fourth-order valence-corrected chi connectivity index (χ4v) is 17.4. The number of imidazole rings is 3. The Labute approximate surface area is 607 Å². The van der Waals surface area contributed by atoms with E-state index in [2.05, 4.69) is 60.4 Å². The molecule has 24 heteroatoms. The minimum Gasteiger partial charge on any atom is -0.452 e. The smallest absolute Gasteiger partial charge is 0.414 e. The third-order valence-electron chi connectivity index (χ3n) is 22.8. The number of rotatable bonds is 15. The summed E-state index contributed by atoms with van der Waals surface area (Å²) in [5.74, 6) is 3.18. The Hall–Kier alpha value is -9.00. The summed E-state index contributed by atoms with van der Waals surface area (Å²) in [5, 5.41) is 6.47. The van der Waals surface area contributed by atoms with Crippen molar-refractivity contribution in [3.63, 3.8) is 0 Å². The standard InChI is InChI=1S/C28H36N6O4.C27H37N3O4.C25H29FN4O2/c1-19-7-8-22-23(34(19)28(37)38-3)9-10-24-27(22)30-25(12-15-32-13-5-4-6-26(32)36)33(24)17-16-31-14-11-21(18-31)29-20(2)35;1-17-9-11-22-23(29(17)27(32)33-3)12-13-24-26(22)28-25(14-10-21-8-5-15-34-21)30(24)20-7-4-6-19(16-20)18(2)31;1-16-6-7-20-21(29(16)25(31)32-2)8-9-22-24(20)28-23(15-17-4-3-5-18(26)14-17)30(22)19-10-12-27-13-11-19/h4-6,9-10,13,19,21H,7-8,11-12,14-18H2,1-3H3,(H,29,35);12-13,17,19-21H,4-11,14-16H2,1-3H3;3-5,8-9,14,16,19,27H,6-7,10-13,15H2,1-2H3/t19-,21+;17-,19+,20+,21-;16-/m000/s1. The Kier molecular flexibility index (Phi) is 23.0. The average Bonchev–Trinajstić information content (AvgIpc) is 1.53. The summed E-state index contributed by atoms with van der Waals surface area (Å²) in [4.78, 5) is 96.7. The van der Waals surface area contributed by atoms with Gasteiger partial charge in [0.05, 0.1) is 77.6 Å². The Balaban J connectivity index is 0.000000139. The molecule has 23 nitrogen and oxygen atoms in total. The highest BCUT2D eigenvalue weighted by Gasteiger charge is 2.37. The lowest BCUT2D eigenvalue weighted by Gasteiger charge is -2.34. The number of hydrogen-bond acceptors (Lipinski definition) is 15. The van der Waals surface area contributed by atoms with Gasteiger partial charge in [0.2, 0.25) is 5.91 Å². The highest BCUT2D eigenvalue weighted by Crippen LogP contribution is 2.43. The van der Waals surface area contributed by atoms with Gasteiger partial charge in [-0.3, -0.25) is 34.0 Å². The zero-order chi connectivity index (χ0) is 72.9. The minimum absolute atomic E-state index is 0.0102. The summed E-state index contributed by atoms with van der Waals surface area (Å²) in [6.45, 7) is 16.2. The number of benzene rings is 4. The quantitative estimate of drug-likeness (QED) is 0.0908. The number of methoxy groups -OCH3 is 3. The molecule has 4 aromatic carbocycles. The molecule has 1 saturated carbocycles. The zero-order valence-corrected chi connectivity index (χ0v) is 61.7. The van der Waals surface area contributed by atoms with Gasteiger partial charge in [-0.25, -0.2) is 33.7 Å². The van der Waals surface area contributed by atoms with Gasteiger partial charge in [-0.05, 0) is 197 Å². The molecule has 3 saturated heterocycles. The fraction of sp³-hybridized carbons (Fsp3) is 0.537. The van der Waals surface area contributed by atoms with Crippen LogP contribution in [0.3, 0.4) is 0 Å². The van der Waals surface area contributed by atoms with Gasteiger partial charge >= 0.3 is 18.3 Å². The molecular formula is C80H102FN13O10. The molecule has 15 rings (SSSR count). The van der Waals surface area contributed by atoms with Crippen molar-refractivity contribution in [3.05, 3.63) is 141 Å². The van der Waals surface area contributed by atoms with Crippen LogP contribution in [-0.2, 0) is 80.2 Å². The number of nitrogens with one attached hydrogen (secondary N) is 2. The predicted octanol–water partition coefficient (Wildman–Crippen LogP) is 12.5. The number of fused-ring (bicyclic) bond motifs is 9. The van der Waals surface area contributed by atoms with Gasteiger partial charge in [-0.1, -0.05) is 24.6 Å². The fourth-order valence-electron chi connectivity index (χ4n) is 17.4. The largest absolute Gasteiger partial charge is 0.452 e. The van der Waals surface area contributed by atoms with Crippen molar-refractivity contribution in [1.29, 1.82) is 0 Å². The van der Waals surface area contributed by atoms with Gasteiger partial charge in [0, 0.05) is 137 Å². The number of amides is 4. The van der Waals surface area contributed by atoms with Crippen LogP contribution in [0, 0.1) is 11.7 Å². The first kappa shape index (κ1) is 73.3. The summed E-state index contributed by atoms with van der Waals surface area (Å²) in [5.41, 5.74) is 13.0. The molecule has 0 bridgehead atoms. The van der Waals surface area contributed by atoms with E-state index in [9.17, 15) is 33.2 Å². The monoisotopic (exact) mass is 1420 g/mol. The van der Waals surface area contributed by atoms with E-state index in [1.54, 1.807) is 63.6 Å². The molecule has 10 heterocycles. The second kappa shape index (κ2) is 32.6. The Morgan fingerprint density at radius 1 is 0.606 bits per heavy atom. The van der Waals surface area contributed by atoms with E-state index in [0.717, 1.165) is 245 Å². The number of nitrogens with zero attached hydrogens (tertiary/aromatic N) is 11. The molecule has 4 aromatic heterocycles. The average molecular weight is 1420 g/mol. The van der Waals surface area contributed by atoms with Gasteiger partial charge in [-0.15, -0.1) is 0 Å². The van der Waals surface area contributed by atoms with Crippen LogP contribution < -0.4 is 30.9 Å². The summed E-state index contributed by atoms with van der Waals surface area (Å²) >= 11 is 0. The number of ether oxygens (including phenoxy) is 4. The maximum Gasteiger partial charge on any atom is 0.414 e.